The third-order valence-electron chi connectivity index (χ3n) is 4.58. The first-order valence-electron chi connectivity index (χ1n) is 7.73. The number of carbonyl (C=O) groups is 1. The summed E-state index contributed by atoms with van der Waals surface area (Å²) in [5.74, 6) is 0.00631. The van der Waals surface area contributed by atoms with Crippen LogP contribution in [0.3, 0.4) is 0 Å². The fraction of sp³-hybridized carbons (Fsp3) is 0.562. The van der Waals surface area contributed by atoms with Gasteiger partial charge >= 0.3 is 0 Å². The lowest BCUT2D eigenvalue weighted by Gasteiger charge is -2.32. The second-order valence-electron chi connectivity index (χ2n) is 6.03. The van der Waals surface area contributed by atoms with Gasteiger partial charge in [-0.25, -0.2) is 0 Å². The van der Waals surface area contributed by atoms with Gasteiger partial charge in [-0.2, -0.15) is 0 Å². The van der Waals surface area contributed by atoms with Crippen LogP contribution in [0.25, 0.3) is 0 Å². The highest BCUT2D eigenvalue weighted by Gasteiger charge is 2.31. The van der Waals surface area contributed by atoms with E-state index in [0.717, 1.165) is 19.5 Å². The van der Waals surface area contributed by atoms with Crippen molar-refractivity contribution in [3.63, 3.8) is 0 Å². The SMILES string of the molecule is Nc1ccc(Cl)c(C(=O)N2CCC(N3CCCCC3)C2)c1. The van der Waals surface area contributed by atoms with Gasteiger partial charge in [0.2, 0.25) is 0 Å². The molecule has 0 aliphatic carbocycles. The molecule has 0 bridgehead atoms. The first-order chi connectivity index (χ1) is 10.1. The molecule has 2 fully saturated rings. The number of rotatable bonds is 2. The van der Waals surface area contributed by atoms with Crippen molar-refractivity contribution in [3.8, 4) is 0 Å². The van der Waals surface area contributed by atoms with Gasteiger partial charge in [0.1, 0.15) is 0 Å². The second kappa shape index (κ2) is 6.24. The quantitative estimate of drug-likeness (QED) is 0.855. The third kappa shape index (κ3) is 3.16. The van der Waals surface area contributed by atoms with Crippen molar-refractivity contribution in [2.45, 2.75) is 31.7 Å². The van der Waals surface area contributed by atoms with Crippen molar-refractivity contribution in [2.24, 2.45) is 0 Å². The van der Waals surface area contributed by atoms with Gasteiger partial charge in [0.25, 0.3) is 5.91 Å². The predicted molar refractivity (Wildman–Crippen MR) is 85.6 cm³/mol. The van der Waals surface area contributed by atoms with Crippen LogP contribution in [0.15, 0.2) is 18.2 Å². The van der Waals surface area contributed by atoms with Crippen molar-refractivity contribution in [1.82, 2.24) is 9.80 Å². The topological polar surface area (TPSA) is 49.6 Å². The Morgan fingerprint density at radius 2 is 1.95 bits per heavy atom. The van der Waals surface area contributed by atoms with E-state index >= 15 is 0 Å². The Morgan fingerprint density at radius 3 is 2.71 bits per heavy atom. The van der Waals surface area contributed by atoms with E-state index in [2.05, 4.69) is 4.90 Å². The van der Waals surface area contributed by atoms with Gasteiger partial charge in [0.05, 0.1) is 10.6 Å². The van der Waals surface area contributed by atoms with Gasteiger partial charge in [-0.15, -0.1) is 0 Å². The van der Waals surface area contributed by atoms with Crippen LogP contribution in [-0.4, -0.2) is 47.9 Å². The zero-order valence-electron chi connectivity index (χ0n) is 12.2. The summed E-state index contributed by atoms with van der Waals surface area (Å²) >= 11 is 6.14. The monoisotopic (exact) mass is 307 g/mol. The summed E-state index contributed by atoms with van der Waals surface area (Å²) in [7, 11) is 0. The summed E-state index contributed by atoms with van der Waals surface area (Å²) in [6.45, 7) is 3.96. The molecule has 21 heavy (non-hydrogen) atoms. The fourth-order valence-electron chi connectivity index (χ4n) is 3.38. The zero-order valence-corrected chi connectivity index (χ0v) is 13.0. The Labute approximate surface area is 130 Å². The molecule has 1 unspecified atom stereocenters. The average Bonchev–Trinajstić information content (AvgIpc) is 3.00. The molecule has 2 heterocycles. The minimum absolute atomic E-state index is 0.00631. The minimum atomic E-state index is 0.00631. The molecule has 0 radical (unpaired) electrons. The Morgan fingerprint density at radius 1 is 1.19 bits per heavy atom. The van der Waals surface area contributed by atoms with Crippen LogP contribution in [-0.2, 0) is 0 Å². The highest BCUT2D eigenvalue weighted by atomic mass is 35.5. The Hall–Kier alpha value is -1.26. The van der Waals surface area contributed by atoms with Crippen molar-refractivity contribution in [1.29, 1.82) is 0 Å². The zero-order chi connectivity index (χ0) is 14.8. The van der Waals surface area contributed by atoms with E-state index in [0.29, 0.717) is 22.3 Å². The van der Waals surface area contributed by atoms with Crippen LogP contribution in [0, 0.1) is 0 Å². The Balaban J connectivity index is 1.67. The molecule has 2 N–H and O–H groups in total. The predicted octanol–water partition coefficient (Wildman–Crippen LogP) is 2.62. The average molecular weight is 308 g/mol. The molecule has 2 saturated heterocycles. The van der Waals surface area contributed by atoms with Crippen LogP contribution < -0.4 is 5.73 Å². The van der Waals surface area contributed by atoms with Crippen molar-refractivity contribution < 1.29 is 4.79 Å². The van der Waals surface area contributed by atoms with Gasteiger partial charge < -0.3 is 10.6 Å². The van der Waals surface area contributed by atoms with Crippen molar-refractivity contribution in [2.75, 3.05) is 31.9 Å². The van der Waals surface area contributed by atoms with E-state index in [9.17, 15) is 4.79 Å². The van der Waals surface area contributed by atoms with Crippen LogP contribution in [0.5, 0.6) is 0 Å². The summed E-state index contributed by atoms with van der Waals surface area (Å²) < 4.78 is 0. The number of halogens is 1. The van der Waals surface area contributed by atoms with Crippen LogP contribution in [0.4, 0.5) is 5.69 Å². The number of nitrogens with zero attached hydrogens (tertiary/aromatic N) is 2. The maximum atomic E-state index is 12.6. The van der Waals surface area contributed by atoms with E-state index < -0.39 is 0 Å². The summed E-state index contributed by atoms with van der Waals surface area (Å²) in [6.07, 6.45) is 4.97. The molecule has 2 aliphatic rings. The number of piperidine rings is 1. The number of anilines is 1. The lowest BCUT2D eigenvalue weighted by molar-refractivity contribution is 0.0771. The minimum Gasteiger partial charge on any atom is -0.399 e. The fourth-order valence-corrected chi connectivity index (χ4v) is 3.58. The molecule has 114 valence electrons. The second-order valence-corrected chi connectivity index (χ2v) is 6.44. The van der Waals surface area contributed by atoms with E-state index in [1.54, 1.807) is 18.2 Å². The summed E-state index contributed by atoms with van der Waals surface area (Å²) in [5, 5.41) is 0.482. The van der Waals surface area contributed by atoms with E-state index in [1.807, 2.05) is 4.90 Å². The number of likely N-dealkylation sites (tertiary alicyclic amines) is 2. The van der Waals surface area contributed by atoms with Gasteiger partial charge in [-0.05, 0) is 50.6 Å². The largest absolute Gasteiger partial charge is 0.399 e. The van der Waals surface area contributed by atoms with Gasteiger partial charge in [-0.1, -0.05) is 18.0 Å². The lowest BCUT2D eigenvalue weighted by atomic mass is 10.1. The molecular formula is C16H22ClN3O. The molecule has 1 atom stereocenters. The number of amides is 1. The maximum absolute atomic E-state index is 12.6. The summed E-state index contributed by atoms with van der Waals surface area (Å²) in [5.41, 5.74) is 6.87. The van der Waals surface area contributed by atoms with Crippen LogP contribution in [0.1, 0.15) is 36.0 Å². The Bertz CT molecular complexity index is 528. The van der Waals surface area contributed by atoms with Crippen molar-refractivity contribution in [3.05, 3.63) is 28.8 Å². The van der Waals surface area contributed by atoms with Gasteiger partial charge in [0, 0.05) is 24.8 Å². The third-order valence-corrected chi connectivity index (χ3v) is 4.91. The molecule has 3 rings (SSSR count). The van der Waals surface area contributed by atoms with Gasteiger partial charge in [-0.3, -0.25) is 9.69 Å². The molecule has 0 spiro atoms. The number of nitrogens with two attached hydrogens (primary N) is 1. The van der Waals surface area contributed by atoms with E-state index in [1.165, 1.54) is 32.4 Å². The normalized spacial score (nSPS) is 23.5. The highest BCUT2D eigenvalue weighted by Crippen LogP contribution is 2.25. The highest BCUT2D eigenvalue weighted by molar-refractivity contribution is 6.34. The standard InChI is InChI=1S/C16H22ClN3O/c17-15-5-4-12(18)10-14(15)16(21)20-9-6-13(11-20)19-7-2-1-3-8-19/h4-5,10,13H,1-3,6-9,11,18H2. The molecule has 2 aliphatic heterocycles. The molecule has 0 aromatic heterocycles. The molecule has 4 nitrogen and oxygen atoms in total. The molecular weight excluding hydrogens is 286 g/mol. The van der Waals surface area contributed by atoms with Crippen LogP contribution in [0.2, 0.25) is 5.02 Å². The number of nitrogen functional groups attached to an aromatic ring is 1. The molecule has 0 saturated carbocycles. The van der Waals surface area contributed by atoms with Crippen molar-refractivity contribution >= 4 is 23.2 Å². The smallest absolute Gasteiger partial charge is 0.255 e. The summed E-state index contributed by atoms with van der Waals surface area (Å²) in [6, 6.07) is 5.61. The molecule has 1 aromatic carbocycles. The van der Waals surface area contributed by atoms with Gasteiger partial charge in [0.15, 0.2) is 0 Å². The first-order valence-corrected chi connectivity index (χ1v) is 8.11. The van der Waals surface area contributed by atoms with Crippen LogP contribution >= 0.6 is 11.6 Å². The Kier molecular flexibility index (Phi) is 4.36. The van der Waals surface area contributed by atoms with E-state index in [4.69, 9.17) is 17.3 Å². The van der Waals surface area contributed by atoms with E-state index in [-0.39, 0.29) is 5.91 Å². The number of carbonyl (C=O) groups excluding carboxylic acids is 1. The maximum Gasteiger partial charge on any atom is 0.255 e. The molecule has 1 amide bonds. The summed E-state index contributed by atoms with van der Waals surface area (Å²) in [4.78, 5) is 17.1. The molecule has 1 aromatic rings. The molecule has 5 heteroatoms. The number of hydrogen-bond donors (Lipinski definition) is 1. The first kappa shape index (κ1) is 14.7. The number of benzene rings is 1. The lowest BCUT2D eigenvalue weighted by Crippen LogP contribution is -2.41. The number of hydrogen-bond acceptors (Lipinski definition) is 3.